The summed E-state index contributed by atoms with van der Waals surface area (Å²) in [5.41, 5.74) is 16.1. The van der Waals surface area contributed by atoms with Crippen LogP contribution in [0.25, 0.3) is 11.0 Å². The number of hydrogen-bond donors (Lipinski definition) is 4. The van der Waals surface area contributed by atoms with Crippen LogP contribution in [0.5, 0.6) is 5.88 Å². The third-order valence-corrected chi connectivity index (χ3v) is 7.86. The molecule has 11 heteroatoms. The number of ether oxygens (including phenoxy) is 1. The molecule has 42 heavy (non-hydrogen) atoms. The lowest BCUT2D eigenvalue weighted by Crippen LogP contribution is -2.34. The van der Waals surface area contributed by atoms with E-state index in [0.29, 0.717) is 53.8 Å². The molecule has 4 heterocycles. The number of likely N-dealkylation sites (tertiary alicyclic amines) is 1. The van der Waals surface area contributed by atoms with Gasteiger partial charge in [0.1, 0.15) is 5.52 Å². The molecule has 3 aromatic heterocycles. The van der Waals surface area contributed by atoms with Gasteiger partial charge in [-0.1, -0.05) is 37.6 Å². The minimum atomic E-state index is -0.225. The molecule has 1 aromatic carbocycles. The largest absolute Gasteiger partial charge is 0.478 e. The van der Waals surface area contributed by atoms with Gasteiger partial charge in [-0.3, -0.25) is 19.2 Å². The summed E-state index contributed by atoms with van der Waals surface area (Å²) < 4.78 is 7.42. The lowest BCUT2D eigenvalue weighted by atomic mass is 9.93. The molecular weight excluding hydrogens is 532 g/mol. The molecule has 222 valence electrons. The first-order chi connectivity index (χ1) is 20.4. The van der Waals surface area contributed by atoms with Gasteiger partial charge >= 0.3 is 5.69 Å². The van der Waals surface area contributed by atoms with Crippen molar-refractivity contribution in [3.05, 3.63) is 76.0 Å². The Hall–Kier alpha value is -4.38. The fourth-order valence-corrected chi connectivity index (χ4v) is 5.40. The highest BCUT2D eigenvalue weighted by molar-refractivity contribution is 5.94. The molecule has 5 rings (SSSR count). The maximum atomic E-state index is 12.7. The Morgan fingerprint density at radius 1 is 1.10 bits per heavy atom. The average Bonchev–Trinajstić information content (AvgIpc) is 3.30. The predicted molar refractivity (Wildman–Crippen MR) is 164 cm³/mol. The number of fused-ring (bicyclic) bond motifs is 1. The van der Waals surface area contributed by atoms with Crippen LogP contribution in [0.1, 0.15) is 60.5 Å². The number of amides is 1. The van der Waals surface area contributed by atoms with Gasteiger partial charge in [-0.05, 0) is 61.9 Å². The molecule has 1 aliphatic heterocycles. The predicted octanol–water partition coefficient (Wildman–Crippen LogP) is 3.54. The van der Waals surface area contributed by atoms with Crippen LogP contribution in [0.3, 0.4) is 0 Å². The van der Waals surface area contributed by atoms with Crippen LogP contribution in [0.4, 0.5) is 11.5 Å². The number of nitrogen functional groups attached to an aromatic ring is 2. The molecule has 1 saturated heterocycles. The fourth-order valence-electron chi connectivity index (χ4n) is 5.40. The lowest BCUT2D eigenvalue weighted by Gasteiger charge is -2.32. The van der Waals surface area contributed by atoms with E-state index in [1.807, 2.05) is 0 Å². The molecule has 6 N–H and O–H groups in total. The maximum Gasteiger partial charge on any atom is 0.326 e. The van der Waals surface area contributed by atoms with Crippen molar-refractivity contribution in [2.45, 2.75) is 52.1 Å². The van der Waals surface area contributed by atoms with Gasteiger partial charge in [-0.2, -0.15) is 4.98 Å². The lowest BCUT2D eigenvalue weighted by molar-refractivity contribution is 0.0947. The molecule has 0 unspecified atom stereocenters. The third kappa shape index (κ3) is 7.27. The van der Waals surface area contributed by atoms with Gasteiger partial charge in [0.25, 0.3) is 5.91 Å². The van der Waals surface area contributed by atoms with Crippen molar-refractivity contribution < 1.29 is 9.53 Å². The number of unbranched alkanes of at least 4 members (excludes halogenated alkanes) is 1. The van der Waals surface area contributed by atoms with Crippen molar-refractivity contribution in [2.24, 2.45) is 5.92 Å². The summed E-state index contributed by atoms with van der Waals surface area (Å²) in [5, 5.41) is 2.99. The van der Waals surface area contributed by atoms with Gasteiger partial charge in [0.2, 0.25) is 5.88 Å². The number of nitrogens with two attached hydrogens (primary N) is 2. The van der Waals surface area contributed by atoms with E-state index in [-0.39, 0.29) is 17.4 Å². The summed E-state index contributed by atoms with van der Waals surface area (Å²) in [7, 11) is 0. The molecule has 0 atom stereocenters. The number of H-pyrrole nitrogens is 1. The molecule has 4 aromatic rings. The summed E-state index contributed by atoms with van der Waals surface area (Å²) in [6.07, 6.45) is 8.19. The van der Waals surface area contributed by atoms with E-state index in [9.17, 15) is 9.59 Å². The average molecular weight is 573 g/mol. The summed E-state index contributed by atoms with van der Waals surface area (Å²) in [5.74, 6) is 1.15. The van der Waals surface area contributed by atoms with Gasteiger partial charge in [-0.15, -0.1) is 0 Å². The van der Waals surface area contributed by atoms with E-state index in [1.165, 1.54) is 18.0 Å². The van der Waals surface area contributed by atoms with Crippen molar-refractivity contribution in [2.75, 3.05) is 37.7 Å². The normalized spacial score (nSPS) is 14.3. The minimum Gasteiger partial charge on any atom is -0.478 e. The van der Waals surface area contributed by atoms with Crippen molar-refractivity contribution in [3.8, 4) is 5.88 Å². The maximum absolute atomic E-state index is 12.7. The molecule has 0 radical (unpaired) electrons. The Morgan fingerprint density at radius 3 is 2.55 bits per heavy atom. The van der Waals surface area contributed by atoms with Crippen LogP contribution >= 0.6 is 0 Å². The number of pyridine rings is 2. The Labute approximate surface area is 245 Å². The van der Waals surface area contributed by atoms with Gasteiger partial charge in [-0.25, -0.2) is 4.79 Å². The minimum absolute atomic E-state index is 0.132. The van der Waals surface area contributed by atoms with E-state index in [1.54, 1.807) is 16.7 Å². The van der Waals surface area contributed by atoms with E-state index in [2.05, 4.69) is 56.4 Å². The number of nitrogens with zero attached hydrogens (tertiary/aromatic N) is 4. The highest BCUT2D eigenvalue weighted by Gasteiger charge is 2.20. The second kappa shape index (κ2) is 13.5. The van der Waals surface area contributed by atoms with Crippen LogP contribution in [-0.4, -0.2) is 56.6 Å². The number of anilines is 2. The summed E-state index contributed by atoms with van der Waals surface area (Å²) in [4.78, 5) is 38.6. The number of benzene rings is 1. The van der Waals surface area contributed by atoms with Gasteiger partial charge < -0.3 is 26.5 Å². The number of hydrogen-bond acceptors (Lipinski definition) is 8. The smallest absolute Gasteiger partial charge is 0.326 e. The first-order valence-electron chi connectivity index (χ1n) is 14.7. The highest BCUT2D eigenvalue weighted by Crippen LogP contribution is 2.24. The van der Waals surface area contributed by atoms with Crippen molar-refractivity contribution >= 4 is 28.4 Å². The standard InChI is InChI=1S/C31H40N8O3/c1-2-3-14-42-27-16-26-28(29(33)36-27)37-31(41)39(26)20-23-6-4-22(5-7-23)19-38-12-9-21(10-13-38)8-11-35-30(40)24-15-25(32)18-34-17-24/h4-7,15-18,21H,2-3,8-14,19-20,32H2,1H3,(H2,33,36)(H,35,40)(H,37,41). The summed E-state index contributed by atoms with van der Waals surface area (Å²) >= 11 is 0. The van der Waals surface area contributed by atoms with E-state index in [0.717, 1.165) is 57.3 Å². The zero-order valence-corrected chi connectivity index (χ0v) is 24.1. The molecule has 1 aliphatic rings. The first-order valence-corrected chi connectivity index (χ1v) is 14.7. The number of piperidine rings is 1. The molecule has 1 amide bonds. The van der Waals surface area contributed by atoms with Crippen LogP contribution in [-0.2, 0) is 13.1 Å². The van der Waals surface area contributed by atoms with Gasteiger partial charge in [0.15, 0.2) is 5.82 Å². The molecule has 0 aliphatic carbocycles. The Bertz CT molecular complexity index is 1550. The van der Waals surface area contributed by atoms with E-state index < -0.39 is 0 Å². The Balaban J connectivity index is 1.10. The van der Waals surface area contributed by atoms with Crippen LogP contribution in [0, 0.1) is 5.92 Å². The third-order valence-electron chi connectivity index (χ3n) is 7.86. The molecule has 0 saturated carbocycles. The highest BCUT2D eigenvalue weighted by atomic mass is 16.5. The van der Waals surface area contributed by atoms with Crippen LogP contribution in [0.15, 0.2) is 53.6 Å². The number of rotatable bonds is 12. The summed E-state index contributed by atoms with van der Waals surface area (Å²) in [6, 6.07) is 11.9. The Morgan fingerprint density at radius 2 is 1.83 bits per heavy atom. The number of aromatic amines is 1. The number of carbonyl (C=O) groups is 1. The summed E-state index contributed by atoms with van der Waals surface area (Å²) in [6.45, 7) is 6.68. The van der Waals surface area contributed by atoms with Crippen molar-refractivity contribution in [3.63, 3.8) is 0 Å². The second-order valence-electron chi connectivity index (χ2n) is 11.0. The van der Waals surface area contributed by atoms with Gasteiger partial charge in [0, 0.05) is 31.5 Å². The van der Waals surface area contributed by atoms with E-state index >= 15 is 0 Å². The van der Waals surface area contributed by atoms with Crippen molar-refractivity contribution in [1.82, 2.24) is 29.7 Å². The number of nitrogens with one attached hydrogen (secondary N) is 2. The topological polar surface area (TPSA) is 157 Å². The molecular formula is C31H40N8O3. The molecule has 11 nitrogen and oxygen atoms in total. The van der Waals surface area contributed by atoms with Crippen LogP contribution < -0.4 is 27.2 Å². The first kappa shape index (κ1) is 29.1. The van der Waals surface area contributed by atoms with Crippen molar-refractivity contribution in [1.29, 1.82) is 0 Å². The van der Waals surface area contributed by atoms with E-state index in [4.69, 9.17) is 16.2 Å². The zero-order chi connectivity index (χ0) is 29.5. The quantitative estimate of drug-likeness (QED) is 0.188. The number of imidazole rings is 1. The zero-order valence-electron chi connectivity index (χ0n) is 24.1. The molecule has 0 spiro atoms. The SMILES string of the molecule is CCCCOc1cc2c([nH]c(=O)n2Cc2ccc(CN3CCC(CCNC(=O)c4cncc(N)c4)CC3)cc2)c(N)n1. The molecule has 1 fully saturated rings. The molecule has 0 bridgehead atoms. The number of carbonyl (C=O) groups excluding carboxylic acids is 1. The fraction of sp³-hybridized carbons (Fsp3) is 0.419. The monoisotopic (exact) mass is 572 g/mol. The Kier molecular flexibility index (Phi) is 9.38. The van der Waals surface area contributed by atoms with Crippen LogP contribution in [0.2, 0.25) is 0 Å². The number of aromatic nitrogens is 4. The second-order valence-corrected chi connectivity index (χ2v) is 11.0. The van der Waals surface area contributed by atoms with Gasteiger partial charge in [0.05, 0.1) is 29.9 Å².